The molecule has 1 N–H and O–H groups in total. The quantitative estimate of drug-likeness (QED) is 0.843. The summed E-state index contributed by atoms with van der Waals surface area (Å²) >= 11 is 3.41. The predicted octanol–water partition coefficient (Wildman–Crippen LogP) is 3.20. The number of benzene rings is 1. The van der Waals surface area contributed by atoms with E-state index in [9.17, 15) is 9.59 Å². The van der Waals surface area contributed by atoms with Gasteiger partial charge in [-0.25, -0.2) is 4.79 Å². The largest absolute Gasteiger partial charge is 0.325 e. The van der Waals surface area contributed by atoms with Crippen molar-refractivity contribution < 1.29 is 9.59 Å². The van der Waals surface area contributed by atoms with Gasteiger partial charge in [0.25, 0.3) is 5.91 Å². The molecule has 1 aromatic rings. The zero-order valence-corrected chi connectivity index (χ0v) is 12.8. The minimum absolute atomic E-state index is 0.0535. The van der Waals surface area contributed by atoms with Crippen molar-refractivity contribution in [3.63, 3.8) is 0 Å². The second kappa shape index (κ2) is 5.20. The molecule has 1 heterocycles. The van der Waals surface area contributed by atoms with Crippen LogP contribution in [0, 0.1) is 0 Å². The highest BCUT2D eigenvalue weighted by molar-refractivity contribution is 9.10. The molecule has 3 amide bonds. The van der Waals surface area contributed by atoms with Gasteiger partial charge in [0, 0.05) is 4.47 Å². The van der Waals surface area contributed by atoms with Crippen LogP contribution in [-0.2, 0) is 11.3 Å². The molecule has 1 saturated carbocycles. The Bertz CT molecular complexity index is 553. The number of rotatable bonds is 2. The molecule has 2 fully saturated rings. The first-order valence-corrected chi connectivity index (χ1v) is 7.79. The fourth-order valence-electron chi connectivity index (χ4n) is 3.13. The molecule has 1 aromatic carbocycles. The Morgan fingerprint density at radius 3 is 2.65 bits per heavy atom. The van der Waals surface area contributed by atoms with Crippen LogP contribution in [0.5, 0.6) is 0 Å². The SMILES string of the molecule is O=C1NC2(CCCCC2)C(=O)N1Cc1cccc(Br)c1. The van der Waals surface area contributed by atoms with Crippen LogP contribution < -0.4 is 5.32 Å². The van der Waals surface area contributed by atoms with Crippen molar-refractivity contribution in [2.75, 3.05) is 0 Å². The van der Waals surface area contributed by atoms with E-state index in [0.717, 1.165) is 42.1 Å². The molecular formula is C15H17BrN2O2. The van der Waals surface area contributed by atoms with Crippen LogP contribution in [0.25, 0.3) is 0 Å². The second-order valence-electron chi connectivity index (χ2n) is 5.59. The van der Waals surface area contributed by atoms with E-state index in [-0.39, 0.29) is 11.9 Å². The third-order valence-corrected chi connectivity index (χ3v) is 4.68. The molecule has 3 rings (SSSR count). The predicted molar refractivity (Wildman–Crippen MR) is 79.0 cm³/mol. The lowest BCUT2D eigenvalue weighted by Crippen LogP contribution is -2.48. The van der Waals surface area contributed by atoms with Crippen molar-refractivity contribution in [1.82, 2.24) is 10.2 Å². The van der Waals surface area contributed by atoms with Gasteiger partial charge in [-0.3, -0.25) is 9.69 Å². The number of hydrogen-bond donors (Lipinski definition) is 1. The number of nitrogens with zero attached hydrogens (tertiary/aromatic N) is 1. The highest BCUT2D eigenvalue weighted by atomic mass is 79.9. The first kappa shape index (κ1) is 13.6. The molecule has 1 spiro atoms. The molecule has 1 aliphatic carbocycles. The van der Waals surface area contributed by atoms with Gasteiger partial charge in [-0.1, -0.05) is 47.3 Å². The van der Waals surface area contributed by atoms with Crippen molar-refractivity contribution in [1.29, 1.82) is 0 Å². The van der Waals surface area contributed by atoms with Crippen LogP contribution in [0.15, 0.2) is 28.7 Å². The molecule has 5 heteroatoms. The Kier molecular flexibility index (Phi) is 3.54. The Labute approximate surface area is 126 Å². The number of hydrogen-bond acceptors (Lipinski definition) is 2. The standard InChI is InChI=1S/C15H17BrN2O2/c16-12-6-4-5-11(9-12)10-18-13(19)15(17-14(18)20)7-2-1-3-8-15/h4-6,9H,1-3,7-8,10H2,(H,17,20). The van der Waals surface area contributed by atoms with E-state index < -0.39 is 5.54 Å². The molecule has 0 aromatic heterocycles. The molecule has 20 heavy (non-hydrogen) atoms. The highest BCUT2D eigenvalue weighted by Crippen LogP contribution is 2.34. The molecule has 1 aliphatic heterocycles. The summed E-state index contributed by atoms with van der Waals surface area (Å²) in [6, 6.07) is 7.45. The average Bonchev–Trinajstić information content (AvgIpc) is 2.64. The first-order chi connectivity index (χ1) is 9.61. The van der Waals surface area contributed by atoms with E-state index in [0.29, 0.717) is 6.54 Å². The topological polar surface area (TPSA) is 49.4 Å². The normalized spacial score (nSPS) is 21.4. The fraction of sp³-hybridized carbons (Fsp3) is 0.467. The van der Waals surface area contributed by atoms with Crippen LogP contribution in [0.1, 0.15) is 37.7 Å². The molecule has 4 nitrogen and oxygen atoms in total. The summed E-state index contributed by atoms with van der Waals surface area (Å²) < 4.78 is 0.953. The highest BCUT2D eigenvalue weighted by Gasteiger charge is 2.51. The van der Waals surface area contributed by atoms with Gasteiger partial charge in [0.2, 0.25) is 0 Å². The summed E-state index contributed by atoms with van der Waals surface area (Å²) in [7, 11) is 0. The molecule has 0 bridgehead atoms. The van der Waals surface area contributed by atoms with Crippen molar-refractivity contribution in [3.05, 3.63) is 34.3 Å². The summed E-state index contributed by atoms with van der Waals surface area (Å²) in [6.45, 7) is 0.339. The molecule has 0 radical (unpaired) electrons. The Balaban J connectivity index is 1.80. The summed E-state index contributed by atoms with van der Waals surface area (Å²) in [5, 5.41) is 2.93. The minimum atomic E-state index is -0.624. The van der Waals surface area contributed by atoms with Crippen molar-refractivity contribution in [3.8, 4) is 0 Å². The number of nitrogens with one attached hydrogen (secondary N) is 1. The number of carbonyl (C=O) groups is 2. The van der Waals surface area contributed by atoms with Gasteiger partial charge in [-0.15, -0.1) is 0 Å². The van der Waals surface area contributed by atoms with E-state index >= 15 is 0 Å². The number of urea groups is 1. The summed E-state index contributed by atoms with van der Waals surface area (Å²) in [5.41, 5.74) is 0.331. The maximum Gasteiger partial charge on any atom is 0.325 e. The fourth-order valence-corrected chi connectivity index (χ4v) is 3.58. The first-order valence-electron chi connectivity index (χ1n) is 6.99. The summed E-state index contributed by atoms with van der Waals surface area (Å²) in [5.74, 6) is -0.0535. The third kappa shape index (κ3) is 2.35. The Morgan fingerprint density at radius 1 is 1.20 bits per heavy atom. The van der Waals surface area contributed by atoms with Crippen molar-refractivity contribution in [2.45, 2.75) is 44.2 Å². The average molecular weight is 337 g/mol. The molecule has 106 valence electrons. The number of imide groups is 1. The van der Waals surface area contributed by atoms with Gasteiger partial charge in [-0.2, -0.15) is 0 Å². The Morgan fingerprint density at radius 2 is 1.95 bits per heavy atom. The van der Waals surface area contributed by atoms with Crippen LogP contribution in [0.2, 0.25) is 0 Å². The molecule has 0 unspecified atom stereocenters. The smallest absolute Gasteiger partial charge is 0.323 e. The van der Waals surface area contributed by atoms with E-state index in [1.807, 2.05) is 24.3 Å². The van der Waals surface area contributed by atoms with Crippen LogP contribution in [-0.4, -0.2) is 22.4 Å². The zero-order chi connectivity index (χ0) is 14.2. The second-order valence-corrected chi connectivity index (χ2v) is 6.51. The number of halogens is 1. The van der Waals surface area contributed by atoms with E-state index in [1.165, 1.54) is 4.90 Å². The summed E-state index contributed by atoms with van der Waals surface area (Å²) in [6.07, 6.45) is 4.71. The lowest BCUT2D eigenvalue weighted by atomic mass is 9.82. The maximum absolute atomic E-state index is 12.6. The van der Waals surface area contributed by atoms with Gasteiger partial charge in [0.1, 0.15) is 5.54 Å². The molecule has 0 atom stereocenters. The lowest BCUT2D eigenvalue weighted by molar-refractivity contribution is -0.132. The number of carbonyl (C=O) groups excluding carboxylic acids is 2. The van der Waals surface area contributed by atoms with E-state index in [2.05, 4.69) is 21.2 Å². The van der Waals surface area contributed by atoms with Gasteiger partial charge >= 0.3 is 6.03 Å². The van der Waals surface area contributed by atoms with Crippen LogP contribution in [0.4, 0.5) is 4.79 Å². The molecule has 1 saturated heterocycles. The Hall–Kier alpha value is -1.36. The molecule has 2 aliphatic rings. The van der Waals surface area contributed by atoms with Crippen molar-refractivity contribution in [2.24, 2.45) is 0 Å². The zero-order valence-electron chi connectivity index (χ0n) is 11.2. The van der Waals surface area contributed by atoms with Crippen LogP contribution in [0.3, 0.4) is 0 Å². The van der Waals surface area contributed by atoms with Gasteiger partial charge in [0.15, 0.2) is 0 Å². The lowest BCUT2D eigenvalue weighted by Gasteiger charge is -2.30. The summed E-state index contributed by atoms with van der Waals surface area (Å²) in [4.78, 5) is 26.1. The van der Waals surface area contributed by atoms with Gasteiger partial charge < -0.3 is 5.32 Å². The third-order valence-electron chi connectivity index (χ3n) is 4.18. The molecular weight excluding hydrogens is 320 g/mol. The van der Waals surface area contributed by atoms with Crippen molar-refractivity contribution >= 4 is 27.9 Å². The van der Waals surface area contributed by atoms with E-state index in [4.69, 9.17) is 0 Å². The van der Waals surface area contributed by atoms with Gasteiger partial charge in [0.05, 0.1) is 6.54 Å². The van der Waals surface area contributed by atoms with E-state index in [1.54, 1.807) is 0 Å². The minimum Gasteiger partial charge on any atom is -0.323 e. The van der Waals surface area contributed by atoms with Gasteiger partial charge in [-0.05, 0) is 30.5 Å². The monoisotopic (exact) mass is 336 g/mol. The van der Waals surface area contributed by atoms with Crippen LogP contribution >= 0.6 is 15.9 Å². The number of amides is 3. The maximum atomic E-state index is 12.6.